The molecule has 0 aliphatic carbocycles. The smallest absolute Gasteiger partial charge is 0.223 e. The van der Waals surface area contributed by atoms with Crippen molar-refractivity contribution in [2.75, 3.05) is 13.1 Å². The summed E-state index contributed by atoms with van der Waals surface area (Å²) in [6, 6.07) is 15.3. The highest BCUT2D eigenvalue weighted by molar-refractivity contribution is 9.10. The topological polar surface area (TPSA) is 66.5 Å². The number of hydrogen-bond acceptors (Lipinski definition) is 3. The summed E-state index contributed by atoms with van der Waals surface area (Å²) in [5.74, 6) is -0.148. The Morgan fingerprint density at radius 3 is 2.54 bits per heavy atom. The van der Waals surface area contributed by atoms with E-state index in [4.69, 9.17) is 0 Å². The van der Waals surface area contributed by atoms with Crippen molar-refractivity contribution in [2.45, 2.75) is 32.1 Å². The van der Waals surface area contributed by atoms with Crippen molar-refractivity contribution in [2.24, 2.45) is 5.92 Å². The van der Waals surface area contributed by atoms with E-state index in [1.165, 1.54) is 4.31 Å². The van der Waals surface area contributed by atoms with E-state index in [2.05, 4.69) is 21.2 Å². The van der Waals surface area contributed by atoms with Crippen LogP contribution in [-0.2, 0) is 27.1 Å². The molecule has 2 aromatic rings. The molecule has 0 spiro atoms. The maximum atomic E-state index is 12.7. The molecule has 5 nitrogen and oxygen atoms in total. The number of aryl methyl sites for hydroxylation is 1. The molecule has 28 heavy (non-hydrogen) atoms. The van der Waals surface area contributed by atoms with Crippen molar-refractivity contribution in [3.05, 3.63) is 69.7 Å². The maximum absolute atomic E-state index is 12.7. The van der Waals surface area contributed by atoms with E-state index < -0.39 is 10.0 Å². The third kappa shape index (κ3) is 5.43. The molecular weight excluding hydrogens is 440 g/mol. The number of amides is 1. The maximum Gasteiger partial charge on any atom is 0.223 e. The highest BCUT2D eigenvalue weighted by atomic mass is 79.9. The molecule has 2 aromatic carbocycles. The molecule has 1 fully saturated rings. The van der Waals surface area contributed by atoms with Crippen molar-refractivity contribution >= 4 is 31.9 Å². The van der Waals surface area contributed by atoms with Gasteiger partial charge in [0.25, 0.3) is 0 Å². The number of carbonyl (C=O) groups is 1. The van der Waals surface area contributed by atoms with Gasteiger partial charge in [0.2, 0.25) is 15.9 Å². The molecule has 0 bridgehead atoms. The molecule has 1 amide bonds. The first kappa shape index (κ1) is 21.0. The summed E-state index contributed by atoms with van der Waals surface area (Å²) in [6.07, 6.45) is 1.11. The summed E-state index contributed by atoms with van der Waals surface area (Å²) in [6.45, 7) is 3.31. The van der Waals surface area contributed by atoms with Crippen LogP contribution in [-0.4, -0.2) is 31.7 Å². The third-order valence-corrected chi connectivity index (χ3v) is 7.51. The lowest BCUT2D eigenvalue weighted by Gasteiger charge is -2.30. The Kier molecular flexibility index (Phi) is 6.91. The normalized spacial score (nSPS) is 16.1. The number of hydrogen-bond donors (Lipinski definition) is 1. The molecule has 0 unspecified atom stereocenters. The standard InChI is InChI=1S/C21H25BrN2O3S/c1-16-5-2-3-7-19(16)14-23-21(25)18-9-11-24(12-10-18)28(26,27)15-17-6-4-8-20(22)13-17/h2-8,13,18H,9-12,14-15H2,1H3,(H,23,25). The lowest BCUT2D eigenvalue weighted by Crippen LogP contribution is -2.43. The number of sulfonamides is 1. The van der Waals surface area contributed by atoms with Crippen LogP contribution in [0, 0.1) is 12.8 Å². The van der Waals surface area contributed by atoms with Gasteiger partial charge in [-0.25, -0.2) is 12.7 Å². The van der Waals surface area contributed by atoms with Gasteiger partial charge < -0.3 is 5.32 Å². The predicted octanol–water partition coefficient (Wildman–Crippen LogP) is 3.62. The third-order valence-electron chi connectivity index (χ3n) is 5.17. The molecule has 1 N–H and O–H groups in total. The minimum Gasteiger partial charge on any atom is -0.352 e. The zero-order valence-corrected chi connectivity index (χ0v) is 18.3. The van der Waals surface area contributed by atoms with Gasteiger partial charge in [-0.3, -0.25) is 4.79 Å². The average molecular weight is 465 g/mol. The van der Waals surface area contributed by atoms with E-state index in [-0.39, 0.29) is 17.6 Å². The minimum atomic E-state index is -3.38. The second-order valence-electron chi connectivity index (χ2n) is 7.20. The van der Waals surface area contributed by atoms with E-state index in [1.807, 2.05) is 55.5 Å². The minimum absolute atomic E-state index is 0.00675. The van der Waals surface area contributed by atoms with E-state index >= 15 is 0 Å². The van der Waals surface area contributed by atoms with Crippen molar-refractivity contribution in [3.63, 3.8) is 0 Å². The summed E-state index contributed by atoms with van der Waals surface area (Å²) in [4.78, 5) is 12.5. The number of benzene rings is 2. The summed E-state index contributed by atoms with van der Waals surface area (Å²) < 4.78 is 27.8. The van der Waals surface area contributed by atoms with E-state index in [1.54, 1.807) is 0 Å². The predicted molar refractivity (Wildman–Crippen MR) is 114 cm³/mol. The van der Waals surface area contributed by atoms with Crippen LogP contribution < -0.4 is 5.32 Å². The lowest BCUT2D eigenvalue weighted by atomic mass is 9.97. The van der Waals surface area contributed by atoms with Crippen LogP contribution in [0.15, 0.2) is 53.0 Å². The van der Waals surface area contributed by atoms with E-state index in [0.29, 0.717) is 32.5 Å². The summed E-state index contributed by atoms with van der Waals surface area (Å²) >= 11 is 3.37. The zero-order chi connectivity index (χ0) is 20.1. The Hall–Kier alpha value is -1.70. The molecule has 1 saturated heterocycles. The molecule has 0 atom stereocenters. The monoisotopic (exact) mass is 464 g/mol. The fraction of sp³-hybridized carbons (Fsp3) is 0.381. The van der Waals surface area contributed by atoms with Crippen molar-refractivity contribution in [1.29, 1.82) is 0 Å². The number of halogens is 1. The highest BCUT2D eigenvalue weighted by Gasteiger charge is 2.31. The van der Waals surface area contributed by atoms with E-state index in [0.717, 1.165) is 21.2 Å². The molecular formula is C21H25BrN2O3S. The second kappa shape index (κ2) is 9.20. The molecule has 1 aliphatic rings. The van der Waals surface area contributed by atoms with Crippen LogP contribution in [0.2, 0.25) is 0 Å². The zero-order valence-electron chi connectivity index (χ0n) is 15.9. The summed E-state index contributed by atoms with van der Waals surface area (Å²) in [5, 5.41) is 3.00. The fourth-order valence-electron chi connectivity index (χ4n) is 3.46. The first-order chi connectivity index (χ1) is 13.3. The number of rotatable bonds is 6. The molecule has 3 rings (SSSR count). The SMILES string of the molecule is Cc1ccccc1CNC(=O)C1CCN(S(=O)(=O)Cc2cccc(Br)c2)CC1. The first-order valence-corrected chi connectivity index (χ1v) is 11.8. The average Bonchev–Trinajstić information content (AvgIpc) is 2.67. The molecule has 0 radical (unpaired) electrons. The Labute approximate surface area is 175 Å². The van der Waals surface area contributed by atoms with Crippen LogP contribution in [0.1, 0.15) is 29.5 Å². The van der Waals surface area contributed by atoms with Gasteiger partial charge in [-0.05, 0) is 48.6 Å². The lowest BCUT2D eigenvalue weighted by molar-refractivity contribution is -0.126. The van der Waals surface area contributed by atoms with Crippen LogP contribution in [0.5, 0.6) is 0 Å². The van der Waals surface area contributed by atoms with Crippen molar-refractivity contribution in [1.82, 2.24) is 9.62 Å². The molecule has 0 aromatic heterocycles. The Morgan fingerprint density at radius 1 is 1.14 bits per heavy atom. The van der Waals surface area contributed by atoms with Crippen LogP contribution in [0.25, 0.3) is 0 Å². The van der Waals surface area contributed by atoms with Crippen molar-refractivity contribution < 1.29 is 13.2 Å². The number of piperidine rings is 1. The quantitative estimate of drug-likeness (QED) is 0.709. The first-order valence-electron chi connectivity index (χ1n) is 9.39. The van der Waals surface area contributed by atoms with Crippen LogP contribution in [0.3, 0.4) is 0 Å². The molecule has 0 saturated carbocycles. The van der Waals surface area contributed by atoms with Gasteiger partial charge in [-0.15, -0.1) is 0 Å². The summed E-state index contributed by atoms with van der Waals surface area (Å²) in [7, 11) is -3.38. The van der Waals surface area contributed by atoms with Gasteiger partial charge >= 0.3 is 0 Å². The van der Waals surface area contributed by atoms with Gasteiger partial charge in [0.1, 0.15) is 0 Å². The van der Waals surface area contributed by atoms with E-state index in [9.17, 15) is 13.2 Å². The molecule has 1 aliphatic heterocycles. The Bertz CT molecular complexity index is 938. The molecule has 7 heteroatoms. The Balaban J connectivity index is 1.52. The number of carbonyl (C=O) groups excluding carboxylic acids is 1. The number of nitrogens with zero attached hydrogens (tertiary/aromatic N) is 1. The fourth-order valence-corrected chi connectivity index (χ4v) is 5.46. The molecule has 1 heterocycles. The van der Waals surface area contributed by atoms with Crippen LogP contribution >= 0.6 is 15.9 Å². The van der Waals surface area contributed by atoms with Gasteiger partial charge in [0.05, 0.1) is 5.75 Å². The molecule has 150 valence electrons. The van der Waals surface area contributed by atoms with Gasteiger partial charge in [0.15, 0.2) is 0 Å². The second-order valence-corrected chi connectivity index (χ2v) is 10.1. The van der Waals surface area contributed by atoms with Gasteiger partial charge in [-0.2, -0.15) is 0 Å². The summed E-state index contributed by atoms with van der Waals surface area (Å²) in [5.41, 5.74) is 3.01. The van der Waals surface area contributed by atoms with Crippen molar-refractivity contribution in [3.8, 4) is 0 Å². The van der Waals surface area contributed by atoms with Gasteiger partial charge in [0, 0.05) is 30.0 Å². The highest BCUT2D eigenvalue weighted by Crippen LogP contribution is 2.23. The van der Waals surface area contributed by atoms with Gasteiger partial charge in [-0.1, -0.05) is 52.3 Å². The van der Waals surface area contributed by atoms with Crippen LogP contribution in [0.4, 0.5) is 0 Å². The number of nitrogens with one attached hydrogen (secondary N) is 1. The Morgan fingerprint density at radius 2 is 1.86 bits per heavy atom. The largest absolute Gasteiger partial charge is 0.352 e.